The van der Waals surface area contributed by atoms with E-state index in [0.29, 0.717) is 0 Å². The van der Waals surface area contributed by atoms with Crippen molar-refractivity contribution in [3.63, 3.8) is 0 Å². The molecule has 0 radical (unpaired) electrons. The van der Waals surface area contributed by atoms with Crippen molar-refractivity contribution in [2.75, 3.05) is 0 Å². The SMILES string of the molecule is CC(C)(C)[S@](N)=O.CC(C)(C)[S@](N)=O. The molecule has 0 aromatic rings. The summed E-state index contributed by atoms with van der Waals surface area (Å²) in [6.45, 7) is 11.0. The topological polar surface area (TPSA) is 86.2 Å². The summed E-state index contributed by atoms with van der Waals surface area (Å²) in [4.78, 5) is 0. The van der Waals surface area contributed by atoms with Gasteiger partial charge in [0.05, 0.1) is 31.5 Å². The van der Waals surface area contributed by atoms with Crippen LogP contribution in [0.2, 0.25) is 0 Å². The molecule has 0 spiro atoms. The van der Waals surface area contributed by atoms with Crippen LogP contribution >= 0.6 is 0 Å². The highest BCUT2D eigenvalue weighted by molar-refractivity contribution is 7.84. The highest BCUT2D eigenvalue weighted by atomic mass is 32.2. The van der Waals surface area contributed by atoms with Crippen molar-refractivity contribution in [3.8, 4) is 0 Å². The molecular weight excluding hydrogens is 220 g/mol. The van der Waals surface area contributed by atoms with E-state index in [4.69, 9.17) is 10.3 Å². The van der Waals surface area contributed by atoms with E-state index in [9.17, 15) is 8.42 Å². The van der Waals surface area contributed by atoms with E-state index in [1.807, 2.05) is 41.5 Å². The fourth-order valence-corrected chi connectivity index (χ4v) is 0. The van der Waals surface area contributed by atoms with Crippen LogP contribution in [0.5, 0.6) is 0 Å². The van der Waals surface area contributed by atoms with E-state index in [0.717, 1.165) is 0 Å². The Morgan fingerprint density at radius 1 is 0.714 bits per heavy atom. The lowest BCUT2D eigenvalue weighted by Crippen LogP contribution is -2.27. The number of rotatable bonds is 0. The van der Waals surface area contributed by atoms with Gasteiger partial charge in [0.25, 0.3) is 0 Å². The van der Waals surface area contributed by atoms with Crippen molar-refractivity contribution in [2.24, 2.45) is 10.3 Å². The third-order valence-electron chi connectivity index (χ3n) is 1.21. The maximum atomic E-state index is 10.4. The standard InChI is InChI=1S/2C4H11NOS/c2*1-4(2,3)7(5)6/h2*5H2,1-3H3/t2*7-/m11/s1. The smallest absolute Gasteiger partial charge is 0.0942 e. The molecule has 4 N–H and O–H groups in total. The molecule has 0 unspecified atom stereocenters. The molecule has 0 bridgehead atoms. The summed E-state index contributed by atoms with van der Waals surface area (Å²) in [6, 6.07) is 0. The highest BCUT2D eigenvalue weighted by Gasteiger charge is 2.14. The number of nitrogens with two attached hydrogens (primary N) is 2. The van der Waals surface area contributed by atoms with E-state index in [1.54, 1.807) is 0 Å². The predicted octanol–water partition coefficient (Wildman–Crippen LogP) is 0.815. The Hall–Kier alpha value is 0.220. The van der Waals surface area contributed by atoms with Crippen molar-refractivity contribution in [2.45, 2.75) is 51.0 Å². The van der Waals surface area contributed by atoms with Crippen LogP contribution in [0.15, 0.2) is 0 Å². The third-order valence-corrected chi connectivity index (χ3v) is 3.62. The van der Waals surface area contributed by atoms with Crippen molar-refractivity contribution < 1.29 is 8.42 Å². The van der Waals surface area contributed by atoms with Gasteiger partial charge >= 0.3 is 0 Å². The van der Waals surface area contributed by atoms with Gasteiger partial charge in [-0.15, -0.1) is 0 Å². The summed E-state index contributed by atoms with van der Waals surface area (Å²) in [5, 5.41) is 10.1. The highest BCUT2D eigenvalue weighted by Crippen LogP contribution is 2.05. The molecule has 0 aromatic carbocycles. The molecular formula is C8H22N2O2S2. The largest absolute Gasteiger partial charge is 0.251 e. The van der Waals surface area contributed by atoms with E-state index >= 15 is 0 Å². The molecule has 88 valence electrons. The maximum Gasteiger partial charge on any atom is 0.0942 e. The summed E-state index contributed by atoms with van der Waals surface area (Å²) in [6.07, 6.45) is 0. The lowest BCUT2D eigenvalue weighted by Gasteiger charge is -2.11. The molecule has 0 aliphatic heterocycles. The van der Waals surface area contributed by atoms with E-state index in [-0.39, 0.29) is 9.49 Å². The number of hydrogen-bond acceptors (Lipinski definition) is 2. The van der Waals surface area contributed by atoms with E-state index in [1.165, 1.54) is 0 Å². The zero-order valence-corrected chi connectivity index (χ0v) is 11.4. The zero-order valence-electron chi connectivity index (χ0n) is 9.79. The van der Waals surface area contributed by atoms with Gasteiger partial charge < -0.3 is 0 Å². The Kier molecular flexibility index (Phi) is 7.07. The number of hydrogen-bond donors (Lipinski definition) is 2. The second-order valence-corrected chi connectivity index (χ2v) is 8.46. The monoisotopic (exact) mass is 242 g/mol. The van der Waals surface area contributed by atoms with Gasteiger partial charge in [-0.05, 0) is 41.5 Å². The van der Waals surface area contributed by atoms with Crippen molar-refractivity contribution in [3.05, 3.63) is 0 Å². The van der Waals surface area contributed by atoms with Gasteiger partial charge in [0.1, 0.15) is 0 Å². The van der Waals surface area contributed by atoms with Gasteiger partial charge in [0.15, 0.2) is 0 Å². The molecule has 0 heterocycles. The lowest BCUT2D eigenvalue weighted by atomic mass is 10.3. The molecule has 0 aliphatic carbocycles. The normalized spacial score (nSPS) is 16.6. The van der Waals surface area contributed by atoms with Crippen LogP contribution in [0.25, 0.3) is 0 Å². The van der Waals surface area contributed by atoms with Gasteiger partial charge in [-0.3, -0.25) is 10.3 Å². The van der Waals surface area contributed by atoms with Crippen LogP contribution in [0, 0.1) is 0 Å². The minimum Gasteiger partial charge on any atom is -0.251 e. The molecule has 6 heteroatoms. The van der Waals surface area contributed by atoms with Gasteiger partial charge in [-0.25, -0.2) is 8.42 Å². The Morgan fingerprint density at radius 3 is 0.786 bits per heavy atom. The van der Waals surface area contributed by atoms with Crippen LogP contribution in [0.3, 0.4) is 0 Å². The van der Waals surface area contributed by atoms with Gasteiger partial charge in [0, 0.05) is 0 Å². The van der Waals surface area contributed by atoms with E-state index < -0.39 is 22.0 Å². The summed E-state index contributed by atoms with van der Waals surface area (Å²) < 4.78 is 20.2. The average Bonchev–Trinajstić information content (AvgIpc) is 1.83. The molecule has 4 nitrogen and oxygen atoms in total. The van der Waals surface area contributed by atoms with Crippen LogP contribution in [-0.4, -0.2) is 17.9 Å². The first kappa shape index (κ1) is 16.6. The lowest BCUT2D eigenvalue weighted by molar-refractivity contribution is 0.650. The maximum absolute atomic E-state index is 10.4. The summed E-state index contributed by atoms with van der Waals surface area (Å²) >= 11 is 0. The fraction of sp³-hybridized carbons (Fsp3) is 1.00. The van der Waals surface area contributed by atoms with Crippen molar-refractivity contribution in [1.82, 2.24) is 0 Å². The molecule has 0 saturated carbocycles. The van der Waals surface area contributed by atoms with Crippen LogP contribution in [0.4, 0.5) is 0 Å². The second-order valence-electron chi connectivity index (χ2n) is 4.82. The van der Waals surface area contributed by atoms with Gasteiger partial charge in [0.2, 0.25) is 0 Å². The molecule has 0 saturated heterocycles. The Balaban J connectivity index is 0. The molecule has 0 fully saturated rings. The molecule has 0 rings (SSSR count). The second kappa shape index (κ2) is 5.95. The van der Waals surface area contributed by atoms with Crippen molar-refractivity contribution >= 4 is 22.0 Å². The summed E-state index contributed by atoms with van der Waals surface area (Å²) in [5.74, 6) is 0. The third kappa shape index (κ3) is 10.3. The average molecular weight is 242 g/mol. The van der Waals surface area contributed by atoms with Crippen LogP contribution < -0.4 is 10.3 Å². The molecule has 14 heavy (non-hydrogen) atoms. The van der Waals surface area contributed by atoms with Crippen LogP contribution in [0.1, 0.15) is 41.5 Å². The zero-order chi connectivity index (χ0) is 12.2. The first-order chi connectivity index (χ1) is 5.89. The first-order valence-electron chi connectivity index (χ1n) is 4.21. The summed E-state index contributed by atoms with van der Waals surface area (Å²) in [7, 11) is -2.37. The molecule has 2 atom stereocenters. The van der Waals surface area contributed by atoms with Crippen LogP contribution in [-0.2, 0) is 22.0 Å². The fourth-order valence-electron chi connectivity index (χ4n) is 0. The Labute approximate surface area is 92.0 Å². The quantitative estimate of drug-likeness (QED) is 0.658. The molecule has 0 amide bonds. The van der Waals surface area contributed by atoms with Gasteiger partial charge in [-0.2, -0.15) is 0 Å². The minimum atomic E-state index is -1.18. The molecule has 0 aliphatic rings. The Bertz CT molecular complexity index is 192. The van der Waals surface area contributed by atoms with Crippen molar-refractivity contribution in [1.29, 1.82) is 0 Å². The van der Waals surface area contributed by atoms with Gasteiger partial charge in [-0.1, -0.05) is 0 Å². The Morgan fingerprint density at radius 2 is 0.786 bits per heavy atom. The first-order valence-corrected chi connectivity index (χ1v) is 6.64. The predicted molar refractivity (Wildman–Crippen MR) is 64.2 cm³/mol. The van der Waals surface area contributed by atoms with E-state index in [2.05, 4.69) is 0 Å². The summed E-state index contributed by atoms with van der Waals surface area (Å²) in [5.41, 5.74) is 0. The molecule has 0 aromatic heterocycles. The minimum absolute atomic E-state index is 0.250.